The van der Waals surface area contributed by atoms with Crippen molar-refractivity contribution in [2.75, 3.05) is 31.9 Å². The molecule has 2 aromatic rings. The predicted octanol–water partition coefficient (Wildman–Crippen LogP) is 2.58. The second-order valence-electron chi connectivity index (χ2n) is 7.39. The zero-order chi connectivity index (χ0) is 19.3. The molecule has 28 heavy (non-hydrogen) atoms. The minimum absolute atomic E-state index is 0.144. The normalized spacial score (nSPS) is 18.0. The van der Waals surface area contributed by atoms with Crippen molar-refractivity contribution in [3.05, 3.63) is 41.7 Å². The number of piperazine rings is 1. The minimum atomic E-state index is -0.253. The van der Waals surface area contributed by atoms with Crippen LogP contribution in [0.4, 0.5) is 4.39 Å². The third-order valence-electron chi connectivity index (χ3n) is 5.45. The van der Waals surface area contributed by atoms with Gasteiger partial charge in [-0.25, -0.2) is 4.39 Å². The van der Waals surface area contributed by atoms with Gasteiger partial charge < -0.3 is 9.47 Å². The van der Waals surface area contributed by atoms with Crippen molar-refractivity contribution >= 4 is 17.7 Å². The Morgan fingerprint density at radius 3 is 2.57 bits per heavy atom. The average Bonchev–Trinajstić information content (AvgIpc) is 2.94. The van der Waals surface area contributed by atoms with Gasteiger partial charge in [0.1, 0.15) is 17.5 Å². The van der Waals surface area contributed by atoms with Crippen LogP contribution in [0.3, 0.4) is 0 Å². The van der Waals surface area contributed by atoms with Gasteiger partial charge in [0.25, 0.3) is 0 Å². The van der Waals surface area contributed by atoms with Gasteiger partial charge >= 0.3 is 0 Å². The summed E-state index contributed by atoms with van der Waals surface area (Å²) in [4.78, 5) is 17.7. The Bertz CT molecular complexity index is 801. The number of fused-ring (bicyclic) bond motifs is 1. The van der Waals surface area contributed by atoms with E-state index >= 15 is 0 Å². The molecule has 0 radical (unpaired) electrons. The molecule has 1 fully saturated rings. The first-order valence-electron chi connectivity index (χ1n) is 9.98. The van der Waals surface area contributed by atoms with Crippen molar-refractivity contribution in [3.8, 4) is 0 Å². The van der Waals surface area contributed by atoms with Gasteiger partial charge in [-0.3, -0.25) is 9.69 Å². The van der Waals surface area contributed by atoms with E-state index in [1.54, 1.807) is 12.1 Å². The molecular weight excluding hydrogens is 377 g/mol. The fourth-order valence-corrected chi connectivity index (χ4v) is 4.59. The Morgan fingerprint density at radius 2 is 1.79 bits per heavy atom. The highest BCUT2D eigenvalue weighted by Crippen LogP contribution is 2.20. The van der Waals surface area contributed by atoms with Gasteiger partial charge in [-0.15, -0.1) is 22.0 Å². The summed E-state index contributed by atoms with van der Waals surface area (Å²) in [5, 5.41) is 8.80. The minimum Gasteiger partial charge on any atom is -0.339 e. The maximum Gasteiger partial charge on any atom is 0.233 e. The van der Waals surface area contributed by atoms with Crippen LogP contribution in [0.25, 0.3) is 0 Å². The highest BCUT2D eigenvalue weighted by atomic mass is 32.2. The average molecular weight is 404 g/mol. The SMILES string of the molecule is O=C(CSc1ccc(F)cc1)N1CCN(Cc2nnc3n2CCCCC3)CC1. The van der Waals surface area contributed by atoms with E-state index in [2.05, 4.69) is 19.7 Å². The van der Waals surface area contributed by atoms with Crippen LogP contribution in [0.2, 0.25) is 0 Å². The summed E-state index contributed by atoms with van der Waals surface area (Å²) >= 11 is 1.46. The fraction of sp³-hybridized carbons (Fsp3) is 0.550. The summed E-state index contributed by atoms with van der Waals surface area (Å²) in [6.07, 6.45) is 4.70. The van der Waals surface area contributed by atoms with E-state index in [0.29, 0.717) is 5.75 Å². The molecule has 0 atom stereocenters. The van der Waals surface area contributed by atoms with Crippen LogP contribution in [-0.4, -0.2) is 62.4 Å². The number of nitrogens with zero attached hydrogens (tertiary/aromatic N) is 5. The van der Waals surface area contributed by atoms with Gasteiger partial charge in [0.2, 0.25) is 5.91 Å². The summed E-state index contributed by atoms with van der Waals surface area (Å²) in [7, 11) is 0. The standard InChI is InChI=1S/C20H26FN5OS/c21-16-5-7-17(8-6-16)28-15-20(27)25-12-10-24(11-13-25)14-19-23-22-18-4-2-1-3-9-26(18)19/h5-8H,1-4,9-15H2. The zero-order valence-corrected chi connectivity index (χ0v) is 16.8. The van der Waals surface area contributed by atoms with Crippen LogP contribution in [0, 0.1) is 5.82 Å². The van der Waals surface area contributed by atoms with Gasteiger partial charge in [0.15, 0.2) is 0 Å². The van der Waals surface area contributed by atoms with E-state index in [-0.39, 0.29) is 11.7 Å². The molecule has 0 N–H and O–H groups in total. The highest BCUT2D eigenvalue weighted by Gasteiger charge is 2.23. The second-order valence-corrected chi connectivity index (χ2v) is 8.44. The van der Waals surface area contributed by atoms with Crippen LogP contribution in [-0.2, 0) is 24.3 Å². The van der Waals surface area contributed by atoms with Gasteiger partial charge in [0.05, 0.1) is 12.3 Å². The van der Waals surface area contributed by atoms with Gasteiger partial charge in [-0.2, -0.15) is 0 Å². The predicted molar refractivity (Wildman–Crippen MR) is 107 cm³/mol. The number of hydrogen-bond donors (Lipinski definition) is 0. The molecule has 1 amide bonds. The number of amides is 1. The summed E-state index contributed by atoms with van der Waals surface area (Å²) in [5.74, 6) is 2.47. The van der Waals surface area contributed by atoms with E-state index in [4.69, 9.17) is 0 Å². The molecule has 2 aliphatic heterocycles. The number of benzene rings is 1. The van der Waals surface area contributed by atoms with Crippen LogP contribution in [0.5, 0.6) is 0 Å². The molecule has 3 heterocycles. The summed E-state index contributed by atoms with van der Waals surface area (Å²) in [6.45, 7) is 5.02. The lowest BCUT2D eigenvalue weighted by atomic mass is 10.2. The third kappa shape index (κ3) is 4.72. The summed E-state index contributed by atoms with van der Waals surface area (Å²) in [6, 6.07) is 6.28. The molecule has 1 saturated heterocycles. The number of hydrogen-bond acceptors (Lipinski definition) is 5. The molecule has 2 aliphatic rings. The molecule has 0 saturated carbocycles. The molecule has 8 heteroatoms. The largest absolute Gasteiger partial charge is 0.339 e. The zero-order valence-electron chi connectivity index (χ0n) is 16.0. The maximum atomic E-state index is 13.0. The van der Waals surface area contributed by atoms with E-state index < -0.39 is 0 Å². The van der Waals surface area contributed by atoms with Crippen molar-refractivity contribution in [2.24, 2.45) is 0 Å². The van der Waals surface area contributed by atoms with Crippen molar-refractivity contribution in [2.45, 2.75) is 43.7 Å². The lowest BCUT2D eigenvalue weighted by Gasteiger charge is -2.34. The Balaban J connectivity index is 1.25. The number of rotatable bonds is 5. The second kappa shape index (κ2) is 9.05. The van der Waals surface area contributed by atoms with Crippen molar-refractivity contribution in [1.29, 1.82) is 0 Å². The van der Waals surface area contributed by atoms with E-state index in [0.717, 1.165) is 62.2 Å². The maximum absolute atomic E-state index is 13.0. The number of carbonyl (C=O) groups is 1. The first kappa shape index (κ1) is 19.4. The molecular formula is C20H26FN5OS. The highest BCUT2D eigenvalue weighted by molar-refractivity contribution is 8.00. The van der Waals surface area contributed by atoms with Gasteiger partial charge in [-0.1, -0.05) is 6.42 Å². The molecule has 0 bridgehead atoms. The van der Waals surface area contributed by atoms with Crippen molar-refractivity contribution in [1.82, 2.24) is 24.6 Å². The van der Waals surface area contributed by atoms with Crippen LogP contribution >= 0.6 is 11.8 Å². The Kier molecular flexibility index (Phi) is 6.26. The molecule has 0 aliphatic carbocycles. The first-order chi connectivity index (χ1) is 13.7. The topological polar surface area (TPSA) is 54.3 Å². The monoisotopic (exact) mass is 403 g/mol. The number of thioether (sulfide) groups is 1. The Morgan fingerprint density at radius 1 is 1.00 bits per heavy atom. The van der Waals surface area contributed by atoms with E-state index in [1.165, 1.54) is 43.2 Å². The summed E-state index contributed by atoms with van der Waals surface area (Å²) in [5.41, 5.74) is 0. The molecule has 4 rings (SSSR count). The molecule has 6 nitrogen and oxygen atoms in total. The fourth-order valence-electron chi connectivity index (χ4n) is 3.78. The van der Waals surface area contributed by atoms with Crippen LogP contribution in [0.15, 0.2) is 29.2 Å². The van der Waals surface area contributed by atoms with Gasteiger partial charge in [0, 0.05) is 44.0 Å². The molecule has 0 unspecified atom stereocenters. The molecule has 0 spiro atoms. The lowest BCUT2D eigenvalue weighted by molar-refractivity contribution is -0.130. The van der Waals surface area contributed by atoms with Gasteiger partial charge in [-0.05, 0) is 37.1 Å². The first-order valence-corrected chi connectivity index (χ1v) is 11.0. The number of aryl methyl sites for hydroxylation is 1. The van der Waals surface area contributed by atoms with Crippen LogP contribution in [0.1, 0.15) is 30.9 Å². The van der Waals surface area contributed by atoms with Crippen molar-refractivity contribution < 1.29 is 9.18 Å². The summed E-state index contributed by atoms with van der Waals surface area (Å²) < 4.78 is 15.3. The number of carbonyl (C=O) groups excluding carboxylic acids is 1. The molecule has 1 aromatic heterocycles. The van der Waals surface area contributed by atoms with E-state index in [9.17, 15) is 9.18 Å². The number of halogens is 1. The Labute approximate surface area is 169 Å². The molecule has 150 valence electrons. The van der Waals surface area contributed by atoms with Crippen LogP contribution < -0.4 is 0 Å². The lowest BCUT2D eigenvalue weighted by Crippen LogP contribution is -2.49. The van der Waals surface area contributed by atoms with E-state index in [1.807, 2.05) is 4.90 Å². The number of aromatic nitrogens is 3. The molecule has 1 aromatic carbocycles. The Hall–Kier alpha value is -1.93. The quantitative estimate of drug-likeness (QED) is 0.719. The van der Waals surface area contributed by atoms with Crippen molar-refractivity contribution in [3.63, 3.8) is 0 Å². The third-order valence-corrected chi connectivity index (χ3v) is 6.45. The smallest absolute Gasteiger partial charge is 0.233 e.